The Kier molecular flexibility index (Phi) is 2.79. The summed E-state index contributed by atoms with van der Waals surface area (Å²) in [4.78, 5) is 0. The third-order valence-corrected chi connectivity index (χ3v) is 4.56. The van der Waals surface area contributed by atoms with Gasteiger partial charge in [0.15, 0.2) is 0 Å². The standard InChI is InChI=1S/C15H24/c1-11-6-5-7-14-13(10-15(14,3)4)12(2)9-8-11/h8,13-14H,2,5-7,9-10H2,1,3-4H3/b11-8+/t13-,14-/m0/s1. The van der Waals surface area contributed by atoms with E-state index < -0.39 is 0 Å². The van der Waals surface area contributed by atoms with E-state index in [4.69, 9.17) is 0 Å². The zero-order chi connectivity index (χ0) is 11.1. The number of allylic oxidation sites excluding steroid dienone is 3. The van der Waals surface area contributed by atoms with Crippen LogP contribution in [0.15, 0.2) is 23.8 Å². The molecule has 2 atom stereocenters. The summed E-state index contributed by atoms with van der Waals surface area (Å²) < 4.78 is 0. The molecule has 2 aliphatic rings. The van der Waals surface area contributed by atoms with Crippen molar-refractivity contribution >= 4 is 0 Å². The predicted octanol–water partition coefficient (Wildman–Crippen LogP) is 4.73. The third kappa shape index (κ3) is 2.04. The van der Waals surface area contributed by atoms with Crippen LogP contribution in [0.4, 0.5) is 0 Å². The minimum absolute atomic E-state index is 0.575. The van der Waals surface area contributed by atoms with Gasteiger partial charge in [0.1, 0.15) is 0 Å². The molecule has 1 saturated carbocycles. The summed E-state index contributed by atoms with van der Waals surface area (Å²) >= 11 is 0. The van der Waals surface area contributed by atoms with Gasteiger partial charge in [-0.1, -0.05) is 37.6 Å². The number of rotatable bonds is 0. The second kappa shape index (κ2) is 3.81. The largest absolute Gasteiger partial charge is 0.0993 e. The van der Waals surface area contributed by atoms with Gasteiger partial charge in [0.25, 0.3) is 0 Å². The van der Waals surface area contributed by atoms with Crippen LogP contribution < -0.4 is 0 Å². The van der Waals surface area contributed by atoms with Gasteiger partial charge >= 0.3 is 0 Å². The molecule has 0 saturated heterocycles. The quantitative estimate of drug-likeness (QED) is 0.501. The van der Waals surface area contributed by atoms with Crippen LogP contribution >= 0.6 is 0 Å². The van der Waals surface area contributed by atoms with Gasteiger partial charge < -0.3 is 0 Å². The van der Waals surface area contributed by atoms with E-state index in [1.807, 2.05) is 0 Å². The topological polar surface area (TPSA) is 0 Å². The van der Waals surface area contributed by atoms with Gasteiger partial charge in [-0.2, -0.15) is 0 Å². The zero-order valence-corrected chi connectivity index (χ0v) is 10.5. The van der Waals surface area contributed by atoms with E-state index in [-0.39, 0.29) is 0 Å². The summed E-state index contributed by atoms with van der Waals surface area (Å²) in [6, 6.07) is 0. The van der Waals surface area contributed by atoms with Crippen molar-refractivity contribution in [1.82, 2.24) is 0 Å². The van der Waals surface area contributed by atoms with Crippen molar-refractivity contribution in [2.75, 3.05) is 0 Å². The molecule has 0 heterocycles. The van der Waals surface area contributed by atoms with Crippen LogP contribution in [0.1, 0.15) is 52.9 Å². The van der Waals surface area contributed by atoms with Gasteiger partial charge in [-0.15, -0.1) is 0 Å². The maximum atomic E-state index is 4.30. The van der Waals surface area contributed by atoms with Crippen molar-refractivity contribution in [1.29, 1.82) is 0 Å². The van der Waals surface area contributed by atoms with E-state index in [2.05, 4.69) is 33.4 Å². The van der Waals surface area contributed by atoms with E-state index in [0.29, 0.717) is 5.41 Å². The molecule has 2 rings (SSSR count). The molecule has 0 bridgehead atoms. The molecular formula is C15H24. The van der Waals surface area contributed by atoms with Crippen LogP contribution in [0.2, 0.25) is 0 Å². The Balaban J connectivity index is 2.11. The summed E-state index contributed by atoms with van der Waals surface area (Å²) in [5, 5.41) is 0. The molecule has 0 radical (unpaired) electrons. The second-order valence-corrected chi connectivity index (χ2v) is 6.21. The molecule has 0 unspecified atom stereocenters. The Hall–Kier alpha value is -0.520. The number of hydrogen-bond acceptors (Lipinski definition) is 0. The Morgan fingerprint density at radius 1 is 1.40 bits per heavy atom. The molecule has 84 valence electrons. The molecule has 0 spiro atoms. The fourth-order valence-corrected chi connectivity index (χ4v) is 3.42. The molecule has 1 fully saturated rings. The molecule has 0 aromatic rings. The summed E-state index contributed by atoms with van der Waals surface area (Å²) in [5.41, 5.74) is 3.63. The molecule has 0 N–H and O–H groups in total. The van der Waals surface area contributed by atoms with E-state index in [1.54, 1.807) is 5.57 Å². The van der Waals surface area contributed by atoms with Gasteiger partial charge in [0, 0.05) is 0 Å². The van der Waals surface area contributed by atoms with Crippen molar-refractivity contribution in [3.63, 3.8) is 0 Å². The highest BCUT2D eigenvalue weighted by Gasteiger charge is 2.47. The lowest BCUT2D eigenvalue weighted by molar-refractivity contribution is 0.00293. The highest BCUT2D eigenvalue weighted by molar-refractivity contribution is 5.18. The monoisotopic (exact) mass is 204 g/mol. The average molecular weight is 204 g/mol. The first kappa shape index (κ1) is 11.0. The Labute approximate surface area is 94.5 Å². The molecular weight excluding hydrogens is 180 g/mol. The van der Waals surface area contributed by atoms with Gasteiger partial charge in [-0.05, 0) is 56.3 Å². The second-order valence-electron chi connectivity index (χ2n) is 6.21. The zero-order valence-electron chi connectivity index (χ0n) is 10.5. The summed E-state index contributed by atoms with van der Waals surface area (Å²) in [7, 11) is 0. The first-order valence-electron chi connectivity index (χ1n) is 6.34. The van der Waals surface area contributed by atoms with Crippen LogP contribution in [0.3, 0.4) is 0 Å². The fourth-order valence-electron chi connectivity index (χ4n) is 3.42. The highest BCUT2D eigenvalue weighted by Crippen LogP contribution is 2.56. The molecule has 0 aromatic carbocycles. The highest BCUT2D eigenvalue weighted by atomic mass is 14.5. The Morgan fingerprint density at radius 3 is 2.80 bits per heavy atom. The lowest BCUT2D eigenvalue weighted by atomic mass is 9.52. The summed E-state index contributed by atoms with van der Waals surface area (Å²) in [5.74, 6) is 1.73. The molecule has 0 aliphatic heterocycles. The van der Waals surface area contributed by atoms with Crippen molar-refractivity contribution in [3.05, 3.63) is 23.8 Å². The van der Waals surface area contributed by atoms with Gasteiger partial charge in [-0.3, -0.25) is 0 Å². The van der Waals surface area contributed by atoms with E-state index in [9.17, 15) is 0 Å². The minimum Gasteiger partial charge on any atom is -0.0993 e. The van der Waals surface area contributed by atoms with Crippen molar-refractivity contribution in [2.45, 2.75) is 52.9 Å². The van der Waals surface area contributed by atoms with Crippen LogP contribution in [0, 0.1) is 17.3 Å². The molecule has 15 heavy (non-hydrogen) atoms. The number of hydrogen-bond donors (Lipinski definition) is 0. The van der Waals surface area contributed by atoms with E-state index >= 15 is 0 Å². The lowest BCUT2D eigenvalue weighted by Crippen LogP contribution is -2.44. The van der Waals surface area contributed by atoms with Gasteiger partial charge in [0.05, 0.1) is 0 Å². The van der Waals surface area contributed by atoms with Crippen LogP contribution in [-0.2, 0) is 0 Å². The maximum Gasteiger partial charge on any atom is -0.0136 e. The first-order valence-corrected chi connectivity index (χ1v) is 6.34. The van der Waals surface area contributed by atoms with Gasteiger partial charge in [0.2, 0.25) is 0 Å². The average Bonchev–Trinajstić information content (AvgIpc) is 2.21. The maximum absolute atomic E-state index is 4.30. The van der Waals surface area contributed by atoms with Crippen LogP contribution in [0.5, 0.6) is 0 Å². The Morgan fingerprint density at radius 2 is 2.13 bits per heavy atom. The van der Waals surface area contributed by atoms with Crippen molar-refractivity contribution in [2.24, 2.45) is 17.3 Å². The van der Waals surface area contributed by atoms with E-state index in [0.717, 1.165) is 18.3 Å². The van der Waals surface area contributed by atoms with Crippen molar-refractivity contribution in [3.8, 4) is 0 Å². The fraction of sp³-hybridized carbons (Fsp3) is 0.733. The molecule has 2 aliphatic carbocycles. The Bertz CT molecular complexity index is 293. The molecule has 0 aromatic heterocycles. The first-order chi connectivity index (χ1) is 7.00. The lowest BCUT2D eigenvalue weighted by Gasteiger charge is -2.53. The SMILES string of the molecule is C=C1C/C=C(\C)CCC[C@H]2[C@H]1CC2(C)C. The third-order valence-electron chi connectivity index (χ3n) is 4.56. The summed E-state index contributed by atoms with van der Waals surface area (Å²) in [6.45, 7) is 11.4. The molecule has 0 heteroatoms. The van der Waals surface area contributed by atoms with E-state index in [1.165, 1.54) is 31.3 Å². The van der Waals surface area contributed by atoms with Crippen molar-refractivity contribution < 1.29 is 0 Å². The smallest absolute Gasteiger partial charge is 0.0136 e. The predicted molar refractivity (Wildman–Crippen MR) is 66.7 cm³/mol. The number of fused-ring (bicyclic) bond motifs is 1. The summed E-state index contributed by atoms with van der Waals surface area (Å²) in [6.07, 6.45) is 8.97. The van der Waals surface area contributed by atoms with Crippen LogP contribution in [0.25, 0.3) is 0 Å². The van der Waals surface area contributed by atoms with Gasteiger partial charge in [-0.25, -0.2) is 0 Å². The molecule has 0 amide bonds. The minimum atomic E-state index is 0.575. The van der Waals surface area contributed by atoms with Crippen LogP contribution in [-0.4, -0.2) is 0 Å². The molecule has 0 nitrogen and oxygen atoms in total. The normalized spacial score (nSPS) is 38.9.